The maximum absolute atomic E-state index is 12.2. The summed E-state index contributed by atoms with van der Waals surface area (Å²) < 4.78 is 1.68. The van der Waals surface area contributed by atoms with E-state index in [1.807, 2.05) is 35.7 Å². The van der Waals surface area contributed by atoms with Crippen molar-refractivity contribution in [3.63, 3.8) is 0 Å². The van der Waals surface area contributed by atoms with Crippen LogP contribution in [-0.4, -0.2) is 26.7 Å². The summed E-state index contributed by atoms with van der Waals surface area (Å²) in [5, 5.41) is 11.2. The van der Waals surface area contributed by atoms with Gasteiger partial charge in [0.1, 0.15) is 0 Å². The number of carbonyl (C=O) groups excluding carboxylic acids is 1. The van der Waals surface area contributed by atoms with Crippen molar-refractivity contribution in [1.29, 1.82) is 0 Å². The first-order chi connectivity index (χ1) is 13.6. The molecule has 2 aromatic heterocycles. The highest BCUT2D eigenvalue weighted by atomic mass is 35.5. The van der Waals surface area contributed by atoms with Crippen molar-refractivity contribution in [3.8, 4) is 11.4 Å². The van der Waals surface area contributed by atoms with Gasteiger partial charge in [-0.1, -0.05) is 59.6 Å². The molecule has 140 valence electrons. The average molecular weight is 430 g/mol. The van der Waals surface area contributed by atoms with Crippen LogP contribution < -0.4 is 5.43 Å². The molecule has 0 unspecified atom stereocenters. The molecular formula is C19H13Cl2N5OS. The molecule has 0 aliphatic carbocycles. The molecule has 4 aromatic rings. The van der Waals surface area contributed by atoms with E-state index >= 15 is 0 Å². The maximum Gasteiger partial charge on any atom is 0.246 e. The Morgan fingerprint density at radius 1 is 1.14 bits per heavy atom. The molecule has 0 saturated carbocycles. The molecule has 2 aromatic carbocycles. The number of fused-ring (bicyclic) bond motifs is 1. The Hall–Kier alpha value is -2.74. The summed E-state index contributed by atoms with van der Waals surface area (Å²) in [7, 11) is 0. The Morgan fingerprint density at radius 2 is 1.89 bits per heavy atom. The number of carbonyl (C=O) groups is 1. The number of rotatable bonds is 5. The third-order valence-corrected chi connectivity index (χ3v) is 5.43. The average Bonchev–Trinajstić information content (AvgIpc) is 3.27. The number of nitrogens with zero attached hydrogens (tertiary/aromatic N) is 4. The zero-order valence-corrected chi connectivity index (χ0v) is 16.7. The van der Waals surface area contributed by atoms with Gasteiger partial charge in [0.2, 0.25) is 10.9 Å². The number of halogens is 2. The van der Waals surface area contributed by atoms with Crippen molar-refractivity contribution in [2.45, 2.75) is 6.42 Å². The highest BCUT2D eigenvalue weighted by molar-refractivity contribution is 7.15. The molecular weight excluding hydrogens is 417 g/mol. The first-order valence-electron chi connectivity index (χ1n) is 8.26. The van der Waals surface area contributed by atoms with E-state index in [2.05, 4.69) is 20.6 Å². The van der Waals surface area contributed by atoms with Gasteiger partial charge in [-0.25, -0.2) is 9.94 Å². The van der Waals surface area contributed by atoms with Crippen LogP contribution in [0.3, 0.4) is 0 Å². The highest BCUT2D eigenvalue weighted by Gasteiger charge is 2.13. The summed E-state index contributed by atoms with van der Waals surface area (Å²) in [4.78, 5) is 17.5. The van der Waals surface area contributed by atoms with E-state index in [1.54, 1.807) is 22.7 Å². The molecule has 9 heteroatoms. The summed E-state index contributed by atoms with van der Waals surface area (Å²) >= 11 is 13.6. The van der Waals surface area contributed by atoms with E-state index in [-0.39, 0.29) is 12.3 Å². The van der Waals surface area contributed by atoms with Gasteiger partial charge >= 0.3 is 0 Å². The summed E-state index contributed by atoms with van der Waals surface area (Å²) in [6, 6.07) is 14.8. The Labute approximate surface area is 174 Å². The molecule has 0 aliphatic heterocycles. The minimum absolute atomic E-state index is 0.116. The molecule has 0 saturated heterocycles. The van der Waals surface area contributed by atoms with Gasteiger partial charge in [-0.3, -0.25) is 4.79 Å². The lowest BCUT2D eigenvalue weighted by Gasteiger charge is -2.01. The van der Waals surface area contributed by atoms with E-state index in [0.29, 0.717) is 21.4 Å². The van der Waals surface area contributed by atoms with Gasteiger partial charge in [0.15, 0.2) is 5.82 Å². The second-order valence-corrected chi connectivity index (χ2v) is 7.48. The molecule has 0 atom stereocenters. The van der Waals surface area contributed by atoms with E-state index < -0.39 is 0 Å². The van der Waals surface area contributed by atoms with Gasteiger partial charge in [0.05, 0.1) is 28.4 Å². The molecule has 28 heavy (non-hydrogen) atoms. The largest absolute Gasteiger partial charge is 0.273 e. The van der Waals surface area contributed by atoms with Crippen LogP contribution >= 0.6 is 34.5 Å². The Bertz CT molecular complexity index is 1150. The minimum Gasteiger partial charge on any atom is -0.273 e. The Kier molecular flexibility index (Phi) is 5.38. The van der Waals surface area contributed by atoms with Crippen LogP contribution in [0.15, 0.2) is 59.0 Å². The first-order valence-corrected chi connectivity index (χ1v) is 9.90. The summed E-state index contributed by atoms with van der Waals surface area (Å²) in [6.45, 7) is 0. The van der Waals surface area contributed by atoms with E-state index in [4.69, 9.17) is 23.2 Å². The number of amides is 1. The van der Waals surface area contributed by atoms with E-state index in [9.17, 15) is 4.79 Å². The SMILES string of the molecule is O=C(Cc1csc2nc(-c3ccccc3)nn12)N/N=C/c1c(Cl)cccc1Cl. The van der Waals surface area contributed by atoms with Crippen LogP contribution in [-0.2, 0) is 11.2 Å². The molecule has 6 nitrogen and oxygen atoms in total. The molecule has 1 N–H and O–H groups in total. The molecule has 4 rings (SSSR count). The molecule has 0 bridgehead atoms. The monoisotopic (exact) mass is 429 g/mol. The van der Waals surface area contributed by atoms with Crippen LogP contribution in [0.25, 0.3) is 16.3 Å². The van der Waals surface area contributed by atoms with Crippen molar-refractivity contribution >= 4 is 51.6 Å². The smallest absolute Gasteiger partial charge is 0.246 e. The third kappa shape index (κ3) is 3.91. The zero-order chi connectivity index (χ0) is 19.5. The van der Waals surface area contributed by atoms with Gasteiger partial charge < -0.3 is 0 Å². The Balaban J connectivity index is 1.47. The van der Waals surface area contributed by atoms with E-state index in [0.717, 1.165) is 16.2 Å². The van der Waals surface area contributed by atoms with Crippen molar-refractivity contribution in [1.82, 2.24) is 20.0 Å². The second-order valence-electron chi connectivity index (χ2n) is 5.83. The maximum atomic E-state index is 12.2. The van der Waals surface area contributed by atoms with Crippen LogP contribution in [0.5, 0.6) is 0 Å². The number of hydrogen-bond acceptors (Lipinski definition) is 5. The third-order valence-electron chi connectivity index (χ3n) is 3.91. The normalized spacial score (nSPS) is 11.4. The number of hydrazone groups is 1. The van der Waals surface area contributed by atoms with Crippen LogP contribution in [0.1, 0.15) is 11.3 Å². The van der Waals surface area contributed by atoms with Crippen molar-refractivity contribution < 1.29 is 4.79 Å². The first kappa shape index (κ1) is 18.6. The molecule has 0 fully saturated rings. The standard InChI is InChI=1S/C19H13Cl2N5OS/c20-15-7-4-8-16(21)14(15)10-22-24-17(27)9-13-11-28-19-23-18(25-26(13)19)12-5-2-1-3-6-12/h1-8,10-11H,9H2,(H,24,27)/b22-10+. The molecule has 0 spiro atoms. The van der Waals surface area contributed by atoms with Gasteiger partial charge in [-0.05, 0) is 12.1 Å². The zero-order valence-electron chi connectivity index (χ0n) is 14.3. The van der Waals surface area contributed by atoms with E-state index in [1.165, 1.54) is 17.6 Å². The fourth-order valence-corrected chi connectivity index (χ4v) is 3.88. The van der Waals surface area contributed by atoms with Crippen LogP contribution in [0.4, 0.5) is 0 Å². The van der Waals surface area contributed by atoms with Crippen LogP contribution in [0.2, 0.25) is 10.0 Å². The predicted molar refractivity (Wildman–Crippen MR) is 112 cm³/mol. The summed E-state index contributed by atoms with van der Waals surface area (Å²) in [5.41, 5.74) is 4.69. The van der Waals surface area contributed by atoms with Crippen molar-refractivity contribution in [2.24, 2.45) is 5.10 Å². The van der Waals surface area contributed by atoms with Crippen molar-refractivity contribution in [2.75, 3.05) is 0 Å². The number of hydrogen-bond donors (Lipinski definition) is 1. The fourth-order valence-electron chi connectivity index (χ4n) is 2.56. The van der Waals surface area contributed by atoms with Crippen molar-refractivity contribution in [3.05, 3.63) is 75.2 Å². The lowest BCUT2D eigenvalue weighted by atomic mass is 10.2. The van der Waals surface area contributed by atoms with Gasteiger partial charge in [0.25, 0.3) is 0 Å². The fraction of sp³-hybridized carbons (Fsp3) is 0.0526. The number of benzene rings is 2. The summed E-state index contributed by atoms with van der Waals surface area (Å²) in [6.07, 6.45) is 1.54. The molecule has 2 heterocycles. The predicted octanol–water partition coefficient (Wildman–Crippen LogP) is 4.46. The molecule has 0 radical (unpaired) electrons. The number of nitrogens with one attached hydrogen (secondary N) is 1. The van der Waals surface area contributed by atoms with Crippen LogP contribution in [0, 0.1) is 0 Å². The Morgan fingerprint density at radius 3 is 2.64 bits per heavy atom. The summed E-state index contributed by atoms with van der Waals surface area (Å²) in [5.74, 6) is 0.344. The minimum atomic E-state index is -0.282. The number of thiazole rings is 1. The molecule has 1 amide bonds. The molecule has 0 aliphatic rings. The number of aromatic nitrogens is 3. The topological polar surface area (TPSA) is 71.7 Å². The van der Waals surface area contributed by atoms with Gasteiger partial charge in [-0.15, -0.1) is 16.4 Å². The lowest BCUT2D eigenvalue weighted by molar-refractivity contribution is -0.120. The highest BCUT2D eigenvalue weighted by Crippen LogP contribution is 2.22. The quantitative estimate of drug-likeness (QED) is 0.376. The van der Waals surface area contributed by atoms with Gasteiger partial charge in [0, 0.05) is 16.5 Å². The lowest BCUT2D eigenvalue weighted by Crippen LogP contribution is -2.20. The second kappa shape index (κ2) is 8.10. The van der Waals surface area contributed by atoms with Gasteiger partial charge in [-0.2, -0.15) is 10.1 Å².